The van der Waals surface area contributed by atoms with Crippen LogP contribution in [0.1, 0.15) is 25.0 Å². The second-order valence-corrected chi connectivity index (χ2v) is 5.46. The van der Waals surface area contributed by atoms with Gasteiger partial charge in [-0.15, -0.1) is 0 Å². The van der Waals surface area contributed by atoms with E-state index in [1.165, 1.54) is 0 Å². The van der Waals surface area contributed by atoms with Gasteiger partial charge < -0.3 is 9.88 Å². The Hall–Kier alpha value is -1.32. The van der Waals surface area contributed by atoms with Gasteiger partial charge in [0, 0.05) is 22.5 Å². The van der Waals surface area contributed by atoms with E-state index in [1.807, 2.05) is 19.1 Å². The Morgan fingerprint density at radius 1 is 1.25 bits per heavy atom. The van der Waals surface area contributed by atoms with Crippen LogP contribution in [0, 0.1) is 6.92 Å². The van der Waals surface area contributed by atoms with Gasteiger partial charge in [-0.2, -0.15) is 0 Å². The lowest BCUT2D eigenvalue weighted by molar-refractivity contribution is 0.307. The van der Waals surface area contributed by atoms with Gasteiger partial charge in [0.05, 0.1) is 5.52 Å². The number of benzene rings is 1. The van der Waals surface area contributed by atoms with Crippen LogP contribution in [-0.4, -0.2) is 29.5 Å². The van der Waals surface area contributed by atoms with Gasteiger partial charge in [0.25, 0.3) is 5.56 Å². The number of halogens is 1. The van der Waals surface area contributed by atoms with E-state index in [9.17, 15) is 4.79 Å². The summed E-state index contributed by atoms with van der Waals surface area (Å²) in [7, 11) is 0. The molecule has 1 heterocycles. The molecule has 0 aliphatic heterocycles. The molecule has 108 valence electrons. The van der Waals surface area contributed by atoms with E-state index in [0.29, 0.717) is 5.02 Å². The maximum Gasteiger partial charge on any atom is 0.251 e. The summed E-state index contributed by atoms with van der Waals surface area (Å²) < 4.78 is 0. The van der Waals surface area contributed by atoms with Gasteiger partial charge in [-0.05, 0) is 44.1 Å². The number of aromatic amines is 1. The van der Waals surface area contributed by atoms with Crippen molar-refractivity contribution in [1.29, 1.82) is 0 Å². The summed E-state index contributed by atoms with van der Waals surface area (Å²) in [5, 5.41) is 1.71. The number of nitrogens with one attached hydrogen (secondary N) is 1. The van der Waals surface area contributed by atoms with Crippen LogP contribution in [0.15, 0.2) is 23.0 Å². The van der Waals surface area contributed by atoms with Crippen molar-refractivity contribution in [3.63, 3.8) is 0 Å². The molecule has 0 saturated heterocycles. The molecular weight excluding hydrogens is 272 g/mol. The lowest BCUT2D eigenvalue weighted by Crippen LogP contribution is -2.27. The van der Waals surface area contributed by atoms with E-state index in [4.69, 9.17) is 11.6 Å². The maximum atomic E-state index is 12.2. The summed E-state index contributed by atoms with van der Waals surface area (Å²) in [5.74, 6) is 0. The van der Waals surface area contributed by atoms with Crippen LogP contribution in [0.2, 0.25) is 5.02 Å². The molecule has 0 atom stereocenters. The van der Waals surface area contributed by atoms with Crippen molar-refractivity contribution in [2.45, 2.75) is 27.2 Å². The normalized spacial score (nSPS) is 11.4. The number of likely N-dealkylation sites (N-methyl/N-ethyl adjacent to an activating group) is 1. The molecule has 0 saturated carbocycles. The number of H-pyrrole nitrogens is 1. The Kier molecular flexibility index (Phi) is 4.84. The molecule has 0 radical (unpaired) electrons. The van der Waals surface area contributed by atoms with Gasteiger partial charge in [-0.3, -0.25) is 4.79 Å². The zero-order valence-electron chi connectivity index (χ0n) is 12.3. The quantitative estimate of drug-likeness (QED) is 0.917. The molecule has 3 nitrogen and oxygen atoms in total. The standard InChI is InChI=1S/C16H21ClN2O/c1-4-19(5-2)9-8-14-11(3)13-7-6-12(17)10-15(13)18-16(14)20/h6-7,10H,4-5,8-9H2,1-3H3,(H,18,20). The molecule has 0 bridgehead atoms. The maximum absolute atomic E-state index is 12.2. The molecule has 0 unspecified atom stereocenters. The van der Waals surface area contributed by atoms with Crippen LogP contribution >= 0.6 is 11.6 Å². The third kappa shape index (κ3) is 3.05. The van der Waals surface area contributed by atoms with Crippen molar-refractivity contribution in [2.24, 2.45) is 0 Å². The predicted molar refractivity (Wildman–Crippen MR) is 85.8 cm³/mol. The Morgan fingerprint density at radius 3 is 2.60 bits per heavy atom. The van der Waals surface area contributed by atoms with Crippen molar-refractivity contribution in [3.05, 3.63) is 44.7 Å². The highest BCUT2D eigenvalue weighted by Gasteiger charge is 2.10. The van der Waals surface area contributed by atoms with E-state index in [0.717, 1.165) is 48.1 Å². The fraction of sp³-hybridized carbons (Fsp3) is 0.438. The van der Waals surface area contributed by atoms with Gasteiger partial charge in [-0.1, -0.05) is 31.5 Å². The molecule has 0 amide bonds. The number of rotatable bonds is 5. The number of fused-ring (bicyclic) bond motifs is 1. The fourth-order valence-corrected chi connectivity index (χ4v) is 2.76. The first-order chi connectivity index (χ1) is 9.56. The number of aromatic nitrogens is 1. The van der Waals surface area contributed by atoms with E-state index >= 15 is 0 Å². The summed E-state index contributed by atoms with van der Waals surface area (Å²) in [5.41, 5.74) is 2.76. The largest absolute Gasteiger partial charge is 0.322 e. The highest BCUT2D eigenvalue weighted by atomic mass is 35.5. The minimum Gasteiger partial charge on any atom is -0.322 e. The van der Waals surface area contributed by atoms with Crippen LogP contribution in [0.5, 0.6) is 0 Å². The lowest BCUT2D eigenvalue weighted by atomic mass is 10.0. The molecule has 0 spiro atoms. The second kappa shape index (κ2) is 6.42. The van der Waals surface area contributed by atoms with Crippen molar-refractivity contribution in [3.8, 4) is 0 Å². The molecule has 2 rings (SSSR count). The molecular formula is C16H21ClN2O. The Balaban J connectivity index is 2.39. The summed E-state index contributed by atoms with van der Waals surface area (Å²) in [6.07, 6.45) is 0.779. The van der Waals surface area contributed by atoms with Crippen LogP contribution in [0.4, 0.5) is 0 Å². The minimum atomic E-state index is 0.00410. The zero-order chi connectivity index (χ0) is 14.7. The number of aryl methyl sites for hydroxylation is 1. The molecule has 0 aliphatic rings. The van der Waals surface area contributed by atoms with Gasteiger partial charge in [0.2, 0.25) is 0 Å². The molecule has 1 aromatic heterocycles. The molecule has 0 fully saturated rings. The summed E-state index contributed by atoms with van der Waals surface area (Å²) in [6.45, 7) is 9.23. The molecule has 0 aliphatic carbocycles. The average molecular weight is 293 g/mol. The Labute approximate surface area is 124 Å². The Bertz CT molecular complexity index is 659. The minimum absolute atomic E-state index is 0.00410. The van der Waals surface area contributed by atoms with E-state index in [2.05, 4.69) is 23.7 Å². The first kappa shape index (κ1) is 15.1. The summed E-state index contributed by atoms with van der Waals surface area (Å²) >= 11 is 5.97. The smallest absolute Gasteiger partial charge is 0.251 e. The fourth-order valence-electron chi connectivity index (χ4n) is 2.59. The monoisotopic (exact) mass is 292 g/mol. The van der Waals surface area contributed by atoms with Crippen LogP contribution in [0.25, 0.3) is 10.9 Å². The first-order valence-corrected chi connectivity index (χ1v) is 7.48. The van der Waals surface area contributed by atoms with Crippen LogP contribution < -0.4 is 5.56 Å². The zero-order valence-corrected chi connectivity index (χ0v) is 13.0. The topological polar surface area (TPSA) is 36.1 Å². The Morgan fingerprint density at radius 2 is 1.95 bits per heavy atom. The predicted octanol–water partition coefficient (Wildman–Crippen LogP) is 3.37. The van der Waals surface area contributed by atoms with Crippen LogP contribution in [-0.2, 0) is 6.42 Å². The SMILES string of the molecule is CCN(CC)CCc1c(C)c2ccc(Cl)cc2[nH]c1=O. The van der Waals surface area contributed by atoms with E-state index < -0.39 is 0 Å². The molecule has 2 aromatic rings. The average Bonchev–Trinajstić information content (AvgIpc) is 2.42. The molecule has 1 N–H and O–H groups in total. The van der Waals surface area contributed by atoms with Gasteiger partial charge in [0.15, 0.2) is 0 Å². The first-order valence-electron chi connectivity index (χ1n) is 7.10. The summed E-state index contributed by atoms with van der Waals surface area (Å²) in [6, 6.07) is 5.65. The van der Waals surface area contributed by atoms with Crippen molar-refractivity contribution < 1.29 is 0 Å². The summed E-state index contributed by atoms with van der Waals surface area (Å²) in [4.78, 5) is 17.5. The highest BCUT2D eigenvalue weighted by molar-refractivity contribution is 6.31. The number of nitrogens with zero attached hydrogens (tertiary/aromatic N) is 1. The van der Waals surface area contributed by atoms with Crippen molar-refractivity contribution in [1.82, 2.24) is 9.88 Å². The second-order valence-electron chi connectivity index (χ2n) is 5.02. The highest BCUT2D eigenvalue weighted by Crippen LogP contribution is 2.21. The van der Waals surface area contributed by atoms with Gasteiger partial charge in [-0.25, -0.2) is 0 Å². The number of hydrogen-bond donors (Lipinski definition) is 1. The van der Waals surface area contributed by atoms with Crippen molar-refractivity contribution in [2.75, 3.05) is 19.6 Å². The van der Waals surface area contributed by atoms with E-state index in [-0.39, 0.29) is 5.56 Å². The molecule has 1 aromatic carbocycles. The van der Waals surface area contributed by atoms with E-state index in [1.54, 1.807) is 6.07 Å². The van der Waals surface area contributed by atoms with Crippen molar-refractivity contribution >= 4 is 22.5 Å². The number of hydrogen-bond acceptors (Lipinski definition) is 2. The number of pyridine rings is 1. The third-order valence-electron chi connectivity index (χ3n) is 3.93. The lowest BCUT2D eigenvalue weighted by Gasteiger charge is -2.18. The molecule has 4 heteroatoms. The van der Waals surface area contributed by atoms with Gasteiger partial charge >= 0.3 is 0 Å². The van der Waals surface area contributed by atoms with Crippen LogP contribution in [0.3, 0.4) is 0 Å². The molecule has 20 heavy (non-hydrogen) atoms. The third-order valence-corrected chi connectivity index (χ3v) is 4.17. The van der Waals surface area contributed by atoms with Gasteiger partial charge in [0.1, 0.15) is 0 Å².